The van der Waals surface area contributed by atoms with Gasteiger partial charge < -0.3 is 4.57 Å². The molecular weight excluding hydrogens is 220 g/mol. The summed E-state index contributed by atoms with van der Waals surface area (Å²) >= 11 is 0. The SMILES string of the molecule is CCCn1c(=O)ccc2cc(N(O)O)ccc21. The molecule has 0 radical (unpaired) electrons. The molecule has 2 aromatic rings. The van der Waals surface area contributed by atoms with Crippen LogP contribution in [0.1, 0.15) is 13.3 Å². The minimum Gasteiger partial charge on any atom is -0.308 e. The summed E-state index contributed by atoms with van der Waals surface area (Å²) in [5.41, 5.74) is 1.01. The molecule has 0 aliphatic heterocycles. The molecule has 0 bridgehead atoms. The monoisotopic (exact) mass is 234 g/mol. The molecule has 5 heteroatoms. The number of aromatic nitrogens is 1. The van der Waals surface area contributed by atoms with E-state index in [9.17, 15) is 4.79 Å². The van der Waals surface area contributed by atoms with E-state index in [2.05, 4.69) is 0 Å². The normalized spacial score (nSPS) is 10.8. The van der Waals surface area contributed by atoms with E-state index in [1.165, 1.54) is 6.07 Å². The third-order valence-corrected chi connectivity index (χ3v) is 2.65. The molecule has 5 nitrogen and oxygen atoms in total. The lowest BCUT2D eigenvalue weighted by atomic mass is 10.2. The van der Waals surface area contributed by atoms with Gasteiger partial charge in [-0.05, 0) is 30.7 Å². The van der Waals surface area contributed by atoms with Crippen LogP contribution in [-0.4, -0.2) is 15.0 Å². The first-order valence-corrected chi connectivity index (χ1v) is 5.45. The van der Waals surface area contributed by atoms with Crippen LogP contribution in [0.3, 0.4) is 0 Å². The van der Waals surface area contributed by atoms with Gasteiger partial charge in [-0.15, -0.1) is 5.23 Å². The fourth-order valence-electron chi connectivity index (χ4n) is 1.87. The van der Waals surface area contributed by atoms with Crippen molar-refractivity contribution in [1.29, 1.82) is 0 Å². The molecule has 0 amide bonds. The molecular formula is C12H14N2O3. The zero-order chi connectivity index (χ0) is 12.4. The molecule has 0 unspecified atom stereocenters. The van der Waals surface area contributed by atoms with Crippen molar-refractivity contribution in [2.24, 2.45) is 0 Å². The highest BCUT2D eigenvalue weighted by atomic mass is 16.8. The van der Waals surface area contributed by atoms with Gasteiger partial charge in [-0.25, -0.2) is 0 Å². The van der Waals surface area contributed by atoms with Gasteiger partial charge in [-0.3, -0.25) is 15.2 Å². The van der Waals surface area contributed by atoms with E-state index in [4.69, 9.17) is 10.4 Å². The van der Waals surface area contributed by atoms with Crippen molar-refractivity contribution in [2.45, 2.75) is 19.9 Å². The Hall–Kier alpha value is -1.85. The lowest BCUT2D eigenvalue weighted by molar-refractivity contribution is 0.0292. The van der Waals surface area contributed by atoms with Crippen molar-refractivity contribution < 1.29 is 10.4 Å². The van der Waals surface area contributed by atoms with Crippen molar-refractivity contribution in [1.82, 2.24) is 4.57 Å². The highest BCUT2D eigenvalue weighted by Gasteiger charge is 2.05. The molecule has 1 aromatic carbocycles. The van der Waals surface area contributed by atoms with E-state index in [1.807, 2.05) is 6.92 Å². The zero-order valence-electron chi connectivity index (χ0n) is 9.50. The summed E-state index contributed by atoms with van der Waals surface area (Å²) < 4.78 is 1.68. The van der Waals surface area contributed by atoms with Crippen LogP contribution in [0.25, 0.3) is 10.9 Å². The Labute approximate surface area is 98.1 Å². The quantitative estimate of drug-likeness (QED) is 0.797. The van der Waals surface area contributed by atoms with E-state index in [0.717, 1.165) is 17.3 Å². The number of rotatable bonds is 3. The summed E-state index contributed by atoms with van der Waals surface area (Å²) in [6.45, 7) is 2.65. The van der Waals surface area contributed by atoms with Crippen molar-refractivity contribution >= 4 is 16.6 Å². The van der Waals surface area contributed by atoms with Crippen molar-refractivity contribution in [2.75, 3.05) is 5.23 Å². The first-order valence-electron chi connectivity index (χ1n) is 5.45. The van der Waals surface area contributed by atoms with Gasteiger partial charge in [-0.1, -0.05) is 6.92 Å². The molecule has 0 spiro atoms. The second-order valence-electron chi connectivity index (χ2n) is 3.86. The predicted molar refractivity (Wildman–Crippen MR) is 64.6 cm³/mol. The first-order chi connectivity index (χ1) is 8.13. The number of pyridine rings is 1. The van der Waals surface area contributed by atoms with Crippen LogP contribution in [0, 0.1) is 0 Å². The largest absolute Gasteiger partial charge is 0.308 e. The number of aryl methyl sites for hydroxylation is 1. The molecule has 0 saturated carbocycles. The van der Waals surface area contributed by atoms with Crippen LogP contribution in [0.5, 0.6) is 0 Å². The van der Waals surface area contributed by atoms with E-state index in [1.54, 1.807) is 28.8 Å². The van der Waals surface area contributed by atoms with Gasteiger partial charge in [0.2, 0.25) is 0 Å². The molecule has 0 atom stereocenters. The lowest BCUT2D eigenvalue weighted by Crippen LogP contribution is -2.19. The summed E-state index contributed by atoms with van der Waals surface area (Å²) in [4.78, 5) is 11.7. The number of hydrogen-bond acceptors (Lipinski definition) is 4. The molecule has 90 valence electrons. The highest BCUT2D eigenvalue weighted by Crippen LogP contribution is 2.19. The average molecular weight is 234 g/mol. The third kappa shape index (κ3) is 2.15. The number of nitrogens with zero attached hydrogens (tertiary/aromatic N) is 2. The van der Waals surface area contributed by atoms with E-state index < -0.39 is 0 Å². The van der Waals surface area contributed by atoms with Gasteiger partial charge in [-0.2, -0.15) is 0 Å². The van der Waals surface area contributed by atoms with E-state index in [-0.39, 0.29) is 16.5 Å². The van der Waals surface area contributed by atoms with Gasteiger partial charge >= 0.3 is 0 Å². The van der Waals surface area contributed by atoms with Crippen LogP contribution in [0.4, 0.5) is 5.69 Å². The smallest absolute Gasteiger partial charge is 0.251 e. The minimum atomic E-state index is -0.0445. The Morgan fingerprint density at radius 3 is 2.65 bits per heavy atom. The zero-order valence-corrected chi connectivity index (χ0v) is 9.50. The molecule has 2 rings (SSSR count). The second-order valence-corrected chi connectivity index (χ2v) is 3.86. The fourth-order valence-corrected chi connectivity index (χ4v) is 1.87. The van der Waals surface area contributed by atoms with Crippen LogP contribution < -0.4 is 10.8 Å². The van der Waals surface area contributed by atoms with Gasteiger partial charge in [0.15, 0.2) is 0 Å². The topological polar surface area (TPSA) is 65.7 Å². The van der Waals surface area contributed by atoms with Crippen molar-refractivity contribution in [3.8, 4) is 0 Å². The van der Waals surface area contributed by atoms with Crippen molar-refractivity contribution in [3.63, 3.8) is 0 Å². The maximum absolute atomic E-state index is 11.7. The van der Waals surface area contributed by atoms with Crippen LogP contribution in [0.15, 0.2) is 35.1 Å². The Morgan fingerprint density at radius 2 is 2.00 bits per heavy atom. The summed E-state index contributed by atoms with van der Waals surface area (Å²) in [5.74, 6) is 0. The Bertz CT molecular complexity index is 590. The molecule has 0 fully saturated rings. The Kier molecular flexibility index (Phi) is 3.12. The van der Waals surface area contributed by atoms with E-state index in [0.29, 0.717) is 6.54 Å². The summed E-state index contributed by atoms with van der Waals surface area (Å²) in [6, 6.07) is 8.04. The Morgan fingerprint density at radius 1 is 1.24 bits per heavy atom. The molecule has 17 heavy (non-hydrogen) atoms. The standard InChI is InChI=1S/C12H14N2O3/c1-2-7-13-11-5-4-10(14(16)17)8-9(11)3-6-12(13)15/h3-6,8,16-17H,2,7H2,1H3. The molecule has 0 aliphatic carbocycles. The first kappa shape index (κ1) is 11.6. The predicted octanol–water partition coefficient (Wildman–Crippen LogP) is 2.00. The van der Waals surface area contributed by atoms with Crippen LogP contribution in [0.2, 0.25) is 0 Å². The molecule has 1 aromatic heterocycles. The lowest BCUT2D eigenvalue weighted by Gasteiger charge is -2.12. The van der Waals surface area contributed by atoms with Crippen molar-refractivity contribution in [3.05, 3.63) is 40.7 Å². The molecule has 0 saturated heterocycles. The van der Waals surface area contributed by atoms with Gasteiger partial charge in [0, 0.05) is 18.0 Å². The minimum absolute atomic E-state index is 0.0445. The average Bonchev–Trinajstić information content (AvgIpc) is 2.32. The Balaban J connectivity index is 2.66. The summed E-state index contributed by atoms with van der Waals surface area (Å²) in [7, 11) is 0. The highest BCUT2D eigenvalue weighted by molar-refractivity contribution is 5.82. The molecule has 1 heterocycles. The van der Waals surface area contributed by atoms with Crippen LogP contribution >= 0.6 is 0 Å². The van der Waals surface area contributed by atoms with Gasteiger partial charge in [0.1, 0.15) is 0 Å². The van der Waals surface area contributed by atoms with Gasteiger partial charge in [0.25, 0.3) is 5.56 Å². The third-order valence-electron chi connectivity index (χ3n) is 2.65. The fraction of sp³-hybridized carbons (Fsp3) is 0.250. The van der Waals surface area contributed by atoms with Crippen LogP contribution in [-0.2, 0) is 6.54 Å². The number of benzene rings is 1. The number of hydrogen-bond donors (Lipinski definition) is 2. The second kappa shape index (κ2) is 4.57. The maximum Gasteiger partial charge on any atom is 0.251 e. The molecule has 0 aliphatic rings. The molecule has 2 N–H and O–H groups in total. The van der Waals surface area contributed by atoms with Gasteiger partial charge in [0.05, 0.1) is 11.2 Å². The van der Waals surface area contributed by atoms with E-state index >= 15 is 0 Å². The number of anilines is 1. The maximum atomic E-state index is 11.7. The summed E-state index contributed by atoms with van der Waals surface area (Å²) in [5, 5.41) is 18.7. The summed E-state index contributed by atoms with van der Waals surface area (Å²) in [6.07, 6.45) is 0.868. The number of fused-ring (bicyclic) bond motifs is 1.